The van der Waals surface area contributed by atoms with Gasteiger partial charge in [-0.1, -0.05) is 18.2 Å². The molecule has 7 heteroatoms. The molecule has 2 aliphatic rings. The van der Waals surface area contributed by atoms with Gasteiger partial charge >= 0.3 is 0 Å². The van der Waals surface area contributed by atoms with E-state index in [1.807, 2.05) is 40.6 Å². The molecule has 27 heavy (non-hydrogen) atoms. The van der Waals surface area contributed by atoms with E-state index in [1.165, 1.54) is 4.90 Å². The molecule has 6 nitrogen and oxygen atoms in total. The Kier molecular flexibility index (Phi) is 4.94. The number of nitrogens with one attached hydrogen (secondary N) is 1. The van der Waals surface area contributed by atoms with Crippen LogP contribution >= 0.6 is 11.3 Å². The predicted molar refractivity (Wildman–Crippen MR) is 105 cm³/mol. The largest absolute Gasteiger partial charge is 0.335 e. The summed E-state index contributed by atoms with van der Waals surface area (Å²) in [6, 6.07) is 11.5. The van der Waals surface area contributed by atoms with Gasteiger partial charge in [0.1, 0.15) is 6.54 Å². The van der Waals surface area contributed by atoms with Gasteiger partial charge in [0.05, 0.1) is 17.9 Å². The van der Waals surface area contributed by atoms with Crippen LogP contribution in [-0.2, 0) is 20.9 Å². The van der Waals surface area contributed by atoms with Crippen molar-refractivity contribution in [1.82, 2.24) is 4.90 Å². The minimum Gasteiger partial charge on any atom is -0.335 e. The summed E-state index contributed by atoms with van der Waals surface area (Å²) in [5.74, 6) is -0.405. The molecule has 1 aromatic heterocycles. The average molecular weight is 383 g/mol. The molecular weight excluding hydrogens is 362 g/mol. The number of rotatable bonds is 6. The van der Waals surface area contributed by atoms with Crippen molar-refractivity contribution in [1.29, 1.82) is 0 Å². The Balaban J connectivity index is 1.40. The predicted octanol–water partition coefficient (Wildman–Crippen LogP) is 3.00. The van der Waals surface area contributed by atoms with Gasteiger partial charge in [0.15, 0.2) is 0 Å². The molecule has 1 N–H and O–H groups in total. The highest BCUT2D eigenvalue weighted by Crippen LogP contribution is 2.31. The van der Waals surface area contributed by atoms with Gasteiger partial charge in [0.2, 0.25) is 17.7 Å². The zero-order chi connectivity index (χ0) is 18.8. The molecule has 0 bridgehead atoms. The van der Waals surface area contributed by atoms with E-state index in [9.17, 15) is 14.4 Å². The van der Waals surface area contributed by atoms with E-state index < -0.39 is 0 Å². The van der Waals surface area contributed by atoms with Crippen LogP contribution in [0.4, 0.5) is 11.4 Å². The zero-order valence-electron chi connectivity index (χ0n) is 14.9. The number of hydrogen-bond donors (Lipinski definition) is 1. The number of nitrogens with zero attached hydrogens (tertiary/aromatic N) is 2. The third-order valence-electron chi connectivity index (χ3n) is 4.84. The number of hydrogen-bond acceptors (Lipinski definition) is 4. The van der Waals surface area contributed by atoms with Gasteiger partial charge in [-0.2, -0.15) is 0 Å². The molecular formula is C20H21N3O3S. The van der Waals surface area contributed by atoms with E-state index in [2.05, 4.69) is 5.32 Å². The van der Waals surface area contributed by atoms with Crippen molar-refractivity contribution in [3.63, 3.8) is 0 Å². The summed E-state index contributed by atoms with van der Waals surface area (Å²) in [5.41, 5.74) is 1.32. The van der Waals surface area contributed by atoms with Crippen LogP contribution in [0.3, 0.4) is 0 Å². The number of para-hydroxylation sites is 2. The maximum atomic E-state index is 12.7. The minimum atomic E-state index is -0.217. The fraction of sp³-hybridized carbons (Fsp3) is 0.350. The molecule has 140 valence electrons. The van der Waals surface area contributed by atoms with Gasteiger partial charge in [-0.05, 0) is 36.4 Å². The van der Waals surface area contributed by atoms with E-state index in [0.717, 1.165) is 17.7 Å². The van der Waals surface area contributed by atoms with Gasteiger partial charge < -0.3 is 15.1 Å². The van der Waals surface area contributed by atoms with Gasteiger partial charge in [0.25, 0.3) is 0 Å². The lowest BCUT2D eigenvalue weighted by Crippen LogP contribution is -2.42. The van der Waals surface area contributed by atoms with Crippen LogP contribution in [0.1, 0.15) is 30.6 Å². The quantitative estimate of drug-likeness (QED) is 0.834. The molecule has 1 aromatic carbocycles. The summed E-state index contributed by atoms with van der Waals surface area (Å²) in [4.78, 5) is 41.9. The Morgan fingerprint density at radius 1 is 1.15 bits per heavy atom. The molecule has 0 spiro atoms. The summed E-state index contributed by atoms with van der Waals surface area (Å²) in [6.07, 6.45) is 2.34. The lowest BCUT2D eigenvalue weighted by Gasteiger charge is -2.29. The first-order chi connectivity index (χ1) is 13.1. The average Bonchev–Trinajstić information content (AvgIpc) is 3.38. The highest BCUT2D eigenvalue weighted by molar-refractivity contribution is 7.09. The normalized spacial score (nSPS) is 15.9. The first-order valence-electron chi connectivity index (χ1n) is 9.13. The molecule has 1 fully saturated rings. The molecule has 4 rings (SSSR count). The maximum Gasteiger partial charge on any atom is 0.244 e. The van der Waals surface area contributed by atoms with E-state index >= 15 is 0 Å². The number of thiophene rings is 1. The number of fused-ring (bicyclic) bond motifs is 1. The summed E-state index contributed by atoms with van der Waals surface area (Å²) in [5, 5.41) is 4.78. The molecule has 0 unspecified atom stereocenters. The summed E-state index contributed by atoms with van der Waals surface area (Å²) < 4.78 is 0. The smallest absolute Gasteiger partial charge is 0.244 e. The molecule has 1 aliphatic heterocycles. The lowest BCUT2D eigenvalue weighted by molar-refractivity contribution is -0.134. The van der Waals surface area contributed by atoms with E-state index in [0.29, 0.717) is 24.0 Å². The second kappa shape index (κ2) is 7.52. The van der Waals surface area contributed by atoms with Gasteiger partial charge in [-0.3, -0.25) is 14.4 Å². The zero-order valence-corrected chi connectivity index (χ0v) is 15.7. The fourth-order valence-electron chi connectivity index (χ4n) is 3.33. The van der Waals surface area contributed by atoms with Crippen LogP contribution in [0.25, 0.3) is 0 Å². The topological polar surface area (TPSA) is 69.7 Å². The summed E-state index contributed by atoms with van der Waals surface area (Å²) >= 11 is 1.64. The Morgan fingerprint density at radius 3 is 2.70 bits per heavy atom. The van der Waals surface area contributed by atoms with Crippen molar-refractivity contribution < 1.29 is 14.4 Å². The Hall–Kier alpha value is -2.67. The molecule has 2 aromatic rings. The van der Waals surface area contributed by atoms with Crippen LogP contribution in [0, 0.1) is 0 Å². The third-order valence-corrected chi connectivity index (χ3v) is 5.70. The number of carbonyl (C=O) groups is 3. The SMILES string of the molecule is O=C1CN(C(=O)CCC(=O)N(Cc2cccs2)C2CC2)c2ccccc2N1. The van der Waals surface area contributed by atoms with Crippen LogP contribution in [0.5, 0.6) is 0 Å². The van der Waals surface area contributed by atoms with Crippen molar-refractivity contribution in [3.8, 4) is 0 Å². The molecule has 1 aliphatic carbocycles. The molecule has 0 atom stereocenters. The second-order valence-corrected chi connectivity index (χ2v) is 7.91. The molecule has 3 amide bonds. The number of benzene rings is 1. The second-order valence-electron chi connectivity index (χ2n) is 6.88. The first kappa shape index (κ1) is 17.7. The van der Waals surface area contributed by atoms with Crippen molar-refractivity contribution in [3.05, 3.63) is 46.7 Å². The highest BCUT2D eigenvalue weighted by Gasteiger charge is 2.33. The van der Waals surface area contributed by atoms with Crippen LogP contribution in [0.15, 0.2) is 41.8 Å². The molecule has 0 radical (unpaired) electrons. The standard InChI is InChI=1S/C20H21N3O3S/c24-18-13-23(17-6-2-1-5-16(17)21-18)20(26)10-9-19(25)22(14-7-8-14)12-15-4-3-11-27-15/h1-6,11,14H,7-10,12-13H2,(H,21,24). The lowest BCUT2D eigenvalue weighted by atomic mass is 10.1. The van der Waals surface area contributed by atoms with Crippen LogP contribution in [-0.4, -0.2) is 35.2 Å². The molecule has 0 saturated heterocycles. The minimum absolute atomic E-state index is 0.00833. The monoisotopic (exact) mass is 383 g/mol. The van der Waals surface area contributed by atoms with E-state index in [-0.39, 0.29) is 37.1 Å². The van der Waals surface area contributed by atoms with Crippen LogP contribution in [0.2, 0.25) is 0 Å². The van der Waals surface area contributed by atoms with Gasteiger partial charge in [-0.25, -0.2) is 0 Å². The highest BCUT2D eigenvalue weighted by atomic mass is 32.1. The van der Waals surface area contributed by atoms with E-state index in [4.69, 9.17) is 0 Å². The fourth-order valence-corrected chi connectivity index (χ4v) is 4.03. The number of amides is 3. The van der Waals surface area contributed by atoms with Crippen molar-refractivity contribution in [2.45, 2.75) is 38.3 Å². The Labute approximate surface area is 161 Å². The number of carbonyl (C=O) groups excluding carboxylic acids is 3. The number of anilines is 2. The maximum absolute atomic E-state index is 12.7. The van der Waals surface area contributed by atoms with Crippen molar-refractivity contribution in [2.24, 2.45) is 0 Å². The van der Waals surface area contributed by atoms with E-state index in [1.54, 1.807) is 17.4 Å². The van der Waals surface area contributed by atoms with Gasteiger partial charge in [-0.15, -0.1) is 11.3 Å². The van der Waals surface area contributed by atoms with Crippen LogP contribution < -0.4 is 10.2 Å². The van der Waals surface area contributed by atoms with Crippen molar-refractivity contribution in [2.75, 3.05) is 16.8 Å². The first-order valence-corrected chi connectivity index (χ1v) is 10.0. The Bertz CT molecular complexity index is 861. The summed E-state index contributed by atoms with van der Waals surface area (Å²) in [7, 11) is 0. The summed E-state index contributed by atoms with van der Waals surface area (Å²) in [6.45, 7) is 0.607. The molecule has 2 heterocycles. The van der Waals surface area contributed by atoms with Gasteiger partial charge in [0, 0.05) is 23.8 Å². The molecule has 1 saturated carbocycles. The van der Waals surface area contributed by atoms with Crippen molar-refractivity contribution >= 4 is 40.4 Å². The third kappa shape index (κ3) is 4.03. The Morgan fingerprint density at radius 2 is 1.96 bits per heavy atom.